The number of carboxylic acid groups (broad SMARTS) is 1. The minimum absolute atomic E-state index is 0.0620. The summed E-state index contributed by atoms with van der Waals surface area (Å²) in [4.78, 5) is 31.5. The summed E-state index contributed by atoms with van der Waals surface area (Å²) in [6.45, 7) is 6.99. The number of thiazole rings is 1. The van der Waals surface area contributed by atoms with Crippen LogP contribution in [0.2, 0.25) is 4.34 Å². The highest BCUT2D eigenvalue weighted by Crippen LogP contribution is 2.29. The lowest BCUT2D eigenvalue weighted by molar-refractivity contribution is -0.129. The molecular formula is C12H16ClN3O5S. The molecule has 1 heterocycles. The lowest BCUT2D eigenvalue weighted by Crippen LogP contribution is -2.27. The van der Waals surface area contributed by atoms with Gasteiger partial charge in [-0.05, 0) is 27.7 Å². The number of rotatable bonds is 5. The molecule has 0 spiro atoms. The maximum absolute atomic E-state index is 11.6. The van der Waals surface area contributed by atoms with Crippen molar-refractivity contribution >= 4 is 45.8 Å². The number of hydrogen-bond donors (Lipinski definition) is 2. The second-order valence-electron chi connectivity index (χ2n) is 4.93. The molecule has 0 unspecified atom stereocenters. The van der Waals surface area contributed by atoms with E-state index in [9.17, 15) is 9.59 Å². The molecule has 0 aliphatic heterocycles. The maximum Gasteiger partial charge on any atom is 0.413 e. The highest BCUT2D eigenvalue weighted by Gasteiger charge is 2.24. The first-order valence-electron chi connectivity index (χ1n) is 6.24. The van der Waals surface area contributed by atoms with Gasteiger partial charge in [-0.1, -0.05) is 28.1 Å². The normalized spacial score (nSPS) is 12.0. The third-order valence-corrected chi connectivity index (χ3v) is 3.08. The minimum Gasteiger partial charge on any atom is -0.476 e. The minimum atomic E-state index is -1.34. The van der Waals surface area contributed by atoms with Crippen LogP contribution in [0.3, 0.4) is 0 Å². The predicted octanol–water partition coefficient (Wildman–Crippen LogP) is 2.97. The van der Waals surface area contributed by atoms with Gasteiger partial charge in [-0.25, -0.2) is 14.6 Å². The Labute approximate surface area is 136 Å². The first-order valence-corrected chi connectivity index (χ1v) is 7.43. The fraction of sp³-hybridized carbons (Fsp3) is 0.500. The zero-order valence-electron chi connectivity index (χ0n) is 12.5. The van der Waals surface area contributed by atoms with Crippen LogP contribution in [0.1, 0.15) is 33.4 Å². The number of carboxylic acids is 1. The molecule has 1 aromatic heterocycles. The molecule has 0 radical (unpaired) electrons. The summed E-state index contributed by atoms with van der Waals surface area (Å²) < 4.78 is 5.13. The van der Waals surface area contributed by atoms with E-state index in [-0.39, 0.29) is 21.8 Å². The number of nitrogens with one attached hydrogen (secondary N) is 1. The predicted molar refractivity (Wildman–Crippen MR) is 82.8 cm³/mol. The van der Waals surface area contributed by atoms with Gasteiger partial charge in [-0.15, -0.1) is 0 Å². The number of aromatic nitrogens is 1. The number of halogens is 1. The molecule has 0 bridgehead atoms. The number of carbonyl (C=O) groups is 2. The Bertz CT molecular complexity index is 594. The van der Waals surface area contributed by atoms with Gasteiger partial charge in [0.1, 0.15) is 22.2 Å². The van der Waals surface area contributed by atoms with Crippen LogP contribution in [0, 0.1) is 0 Å². The molecule has 0 fully saturated rings. The van der Waals surface area contributed by atoms with E-state index in [1.54, 1.807) is 27.7 Å². The second kappa shape index (κ2) is 7.41. The summed E-state index contributed by atoms with van der Waals surface area (Å²) in [5.74, 6) is -1.34. The Hall–Kier alpha value is -1.87. The van der Waals surface area contributed by atoms with Gasteiger partial charge in [-0.2, -0.15) is 0 Å². The van der Waals surface area contributed by atoms with Crippen molar-refractivity contribution in [1.29, 1.82) is 0 Å². The Morgan fingerprint density at radius 2 is 2.09 bits per heavy atom. The monoisotopic (exact) mass is 349 g/mol. The summed E-state index contributed by atoms with van der Waals surface area (Å²) >= 11 is 6.83. The third-order valence-electron chi connectivity index (χ3n) is 1.91. The number of carbonyl (C=O) groups excluding carboxylic acids is 1. The van der Waals surface area contributed by atoms with Crippen LogP contribution < -0.4 is 5.32 Å². The average Bonchev–Trinajstić information content (AvgIpc) is 2.67. The fourth-order valence-corrected chi connectivity index (χ4v) is 2.24. The molecule has 1 rings (SSSR count). The van der Waals surface area contributed by atoms with Gasteiger partial charge in [-0.3, -0.25) is 5.32 Å². The SMILES string of the molecule is CCO/N=C(/C(=O)O)c1nc(NC(=O)OC(C)(C)C)sc1Cl. The van der Waals surface area contributed by atoms with E-state index in [2.05, 4.69) is 15.5 Å². The lowest BCUT2D eigenvalue weighted by Gasteiger charge is -2.18. The molecule has 122 valence electrons. The van der Waals surface area contributed by atoms with Gasteiger partial charge in [0.15, 0.2) is 5.13 Å². The van der Waals surface area contributed by atoms with E-state index >= 15 is 0 Å². The lowest BCUT2D eigenvalue weighted by atomic mass is 10.2. The fourth-order valence-electron chi connectivity index (χ4n) is 1.20. The summed E-state index contributed by atoms with van der Waals surface area (Å²) in [7, 11) is 0. The molecule has 0 saturated carbocycles. The summed E-state index contributed by atoms with van der Waals surface area (Å²) in [5.41, 5.74) is -1.20. The van der Waals surface area contributed by atoms with Crippen molar-refractivity contribution in [3.8, 4) is 0 Å². The van der Waals surface area contributed by atoms with Crippen LogP contribution in [0.15, 0.2) is 5.16 Å². The van der Waals surface area contributed by atoms with Crippen molar-refractivity contribution in [2.45, 2.75) is 33.3 Å². The van der Waals surface area contributed by atoms with E-state index in [0.717, 1.165) is 11.3 Å². The molecule has 0 aromatic carbocycles. The third kappa shape index (κ3) is 5.49. The van der Waals surface area contributed by atoms with Crippen molar-refractivity contribution in [3.63, 3.8) is 0 Å². The molecular weight excluding hydrogens is 334 g/mol. The van der Waals surface area contributed by atoms with Crippen LogP contribution in [0.4, 0.5) is 9.93 Å². The number of nitrogens with zero attached hydrogens (tertiary/aromatic N) is 2. The van der Waals surface area contributed by atoms with Crippen LogP contribution in [0.25, 0.3) is 0 Å². The highest BCUT2D eigenvalue weighted by atomic mass is 35.5. The van der Waals surface area contributed by atoms with Crippen LogP contribution >= 0.6 is 22.9 Å². The molecule has 2 N–H and O–H groups in total. The number of amides is 1. The number of aliphatic carboxylic acids is 1. The number of anilines is 1. The first kappa shape index (κ1) is 18.2. The van der Waals surface area contributed by atoms with Crippen LogP contribution in [-0.2, 0) is 14.4 Å². The number of hydrogen-bond acceptors (Lipinski definition) is 7. The zero-order valence-corrected chi connectivity index (χ0v) is 14.0. The largest absolute Gasteiger partial charge is 0.476 e. The molecule has 8 nitrogen and oxygen atoms in total. The highest BCUT2D eigenvalue weighted by molar-refractivity contribution is 7.20. The van der Waals surface area contributed by atoms with Crippen LogP contribution in [0.5, 0.6) is 0 Å². The molecule has 0 aliphatic carbocycles. The topological polar surface area (TPSA) is 110 Å². The zero-order chi connectivity index (χ0) is 16.9. The quantitative estimate of drug-likeness (QED) is 0.624. The van der Waals surface area contributed by atoms with E-state index in [1.807, 2.05) is 0 Å². The molecule has 10 heteroatoms. The second-order valence-corrected chi connectivity index (χ2v) is 6.53. The van der Waals surface area contributed by atoms with E-state index in [0.29, 0.717) is 0 Å². The van der Waals surface area contributed by atoms with Gasteiger partial charge in [0.05, 0.1) is 0 Å². The summed E-state index contributed by atoms with van der Waals surface area (Å²) in [6, 6.07) is 0. The molecule has 22 heavy (non-hydrogen) atoms. The Morgan fingerprint density at radius 3 is 2.59 bits per heavy atom. The number of ether oxygens (including phenoxy) is 1. The summed E-state index contributed by atoms with van der Waals surface area (Å²) in [5, 5.41) is 15.0. The maximum atomic E-state index is 11.6. The van der Waals surface area contributed by atoms with Gasteiger partial charge in [0, 0.05) is 0 Å². The number of oxime groups is 1. The van der Waals surface area contributed by atoms with E-state index < -0.39 is 23.4 Å². The standard InChI is InChI=1S/C12H16ClN3O5S/c1-5-20-16-7(9(17)18)6-8(13)22-10(14-6)15-11(19)21-12(2,3)4/h5H2,1-4H3,(H,17,18)(H,14,15,19)/b16-7+. The molecule has 1 aromatic rings. The average molecular weight is 350 g/mol. The first-order chi connectivity index (χ1) is 10.1. The Morgan fingerprint density at radius 1 is 1.45 bits per heavy atom. The molecule has 0 saturated heterocycles. The van der Waals surface area contributed by atoms with Gasteiger partial charge in [0.2, 0.25) is 5.71 Å². The van der Waals surface area contributed by atoms with Crippen molar-refractivity contribution in [3.05, 3.63) is 10.0 Å². The van der Waals surface area contributed by atoms with Gasteiger partial charge >= 0.3 is 12.1 Å². The molecule has 0 atom stereocenters. The van der Waals surface area contributed by atoms with Gasteiger partial charge < -0.3 is 14.7 Å². The molecule has 0 aliphatic rings. The van der Waals surface area contributed by atoms with Gasteiger partial charge in [0.25, 0.3) is 0 Å². The van der Waals surface area contributed by atoms with E-state index in [1.165, 1.54) is 0 Å². The smallest absolute Gasteiger partial charge is 0.413 e. The van der Waals surface area contributed by atoms with Crippen molar-refractivity contribution in [2.24, 2.45) is 5.16 Å². The van der Waals surface area contributed by atoms with Crippen molar-refractivity contribution in [1.82, 2.24) is 4.98 Å². The molecule has 1 amide bonds. The van der Waals surface area contributed by atoms with E-state index in [4.69, 9.17) is 26.3 Å². The summed E-state index contributed by atoms with van der Waals surface area (Å²) in [6.07, 6.45) is -0.719. The van der Waals surface area contributed by atoms with Crippen molar-refractivity contribution in [2.75, 3.05) is 11.9 Å². The Balaban J connectivity index is 2.95. The van der Waals surface area contributed by atoms with Crippen LogP contribution in [-0.4, -0.2) is 40.1 Å². The Kier molecular flexibility index (Phi) is 6.12. The van der Waals surface area contributed by atoms with Crippen molar-refractivity contribution < 1.29 is 24.3 Å².